The third-order valence-corrected chi connectivity index (χ3v) is 1.26. The fourth-order valence-electron chi connectivity index (χ4n) is 0.556. The second kappa shape index (κ2) is 7.19. The molecule has 18 heavy (non-hydrogen) atoms. The standard InChI is InChI=1S/C8H10O10/c1-3(9)15-17-7(13)5(11)6(12)8(14)18-16-4(2)10/h5-6,11-12H,1-2H3. The summed E-state index contributed by atoms with van der Waals surface area (Å²) in [6.07, 6.45) is -4.76. The quantitative estimate of drug-likeness (QED) is 0.424. The number of hydrogen-bond acceptors (Lipinski definition) is 10. The van der Waals surface area contributed by atoms with Crippen LogP contribution in [-0.2, 0) is 38.7 Å². The molecule has 102 valence electrons. The fraction of sp³-hybridized carbons (Fsp3) is 0.500. The van der Waals surface area contributed by atoms with Gasteiger partial charge in [-0.1, -0.05) is 0 Å². The van der Waals surface area contributed by atoms with Crippen molar-refractivity contribution in [2.75, 3.05) is 0 Å². The molecule has 0 aromatic heterocycles. The van der Waals surface area contributed by atoms with Crippen LogP contribution in [0.25, 0.3) is 0 Å². The maximum atomic E-state index is 10.9. The Morgan fingerprint density at radius 3 is 1.22 bits per heavy atom. The van der Waals surface area contributed by atoms with Gasteiger partial charge in [-0.15, -0.1) is 0 Å². The van der Waals surface area contributed by atoms with Crippen LogP contribution in [0.15, 0.2) is 0 Å². The van der Waals surface area contributed by atoms with E-state index < -0.39 is 36.1 Å². The van der Waals surface area contributed by atoms with Crippen molar-refractivity contribution in [3.05, 3.63) is 0 Å². The van der Waals surface area contributed by atoms with Crippen LogP contribution in [0.2, 0.25) is 0 Å². The highest BCUT2D eigenvalue weighted by Crippen LogP contribution is 2.01. The van der Waals surface area contributed by atoms with Gasteiger partial charge in [0.1, 0.15) is 0 Å². The summed E-state index contributed by atoms with van der Waals surface area (Å²) in [5.41, 5.74) is 0. The largest absolute Gasteiger partial charge is 0.387 e. The third-order valence-electron chi connectivity index (χ3n) is 1.26. The van der Waals surface area contributed by atoms with Crippen molar-refractivity contribution in [1.82, 2.24) is 0 Å². The lowest BCUT2D eigenvalue weighted by molar-refractivity contribution is -0.274. The Kier molecular flexibility index (Phi) is 6.31. The Morgan fingerprint density at radius 2 is 1.00 bits per heavy atom. The molecule has 0 radical (unpaired) electrons. The smallest absolute Gasteiger partial charge is 0.378 e. The van der Waals surface area contributed by atoms with Crippen LogP contribution in [0.4, 0.5) is 0 Å². The summed E-state index contributed by atoms with van der Waals surface area (Å²) in [6.45, 7) is 1.82. The van der Waals surface area contributed by atoms with Crippen LogP contribution in [0, 0.1) is 0 Å². The van der Waals surface area contributed by atoms with Gasteiger partial charge in [0.05, 0.1) is 0 Å². The van der Waals surface area contributed by atoms with Crippen LogP contribution in [0.5, 0.6) is 0 Å². The van der Waals surface area contributed by atoms with E-state index in [4.69, 9.17) is 10.2 Å². The van der Waals surface area contributed by atoms with E-state index in [0.29, 0.717) is 0 Å². The Morgan fingerprint density at radius 1 is 0.722 bits per heavy atom. The molecular formula is C8H10O10. The predicted octanol–water partition coefficient (Wildman–Crippen LogP) is -2.25. The molecular weight excluding hydrogens is 256 g/mol. The van der Waals surface area contributed by atoms with Gasteiger partial charge in [-0.05, 0) is 0 Å². The van der Waals surface area contributed by atoms with Gasteiger partial charge in [0.15, 0.2) is 12.2 Å². The maximum Gasteiger partial charge on any atom is 0.387 e. The van der Waals surface area contributed by atoms with Crippen molar-refractivity contribution in [3.8, 4) is 0 Å². The lowest BCUT2D eigenvalue weighted by Crippen LogP contribution is -2.42. The van der Waals surface area contributed by atoms with Crippen molar-refractivity contribution in [3.63, 3.8) is 0 Å². The number of aliphatic hydroxyl groups excluding tert-OH is 2. The fourth-order valence-corrected chi connectivity index (χ4v) is 0.556. The zero-order valence-electron chi connectivity index (χ0n) is 9.32. The summed E-state index contributed by atoms with van der Waals surface area (Å²) < 4.78 is 0. The number of carbonyl (C=O) groups excluding carboxylic acids is 4. The summed E-state index contributed by atoms with van der Waals surface area (Å²) in [7, 11) is 0. The second-order valence-corrected chi connectivity index (χ2v) is 2.84. The molecule has 2 atom stereocenters. The minimum absolute atomic E-state index is 0.908. The van der Waals surface area contributed by atoms with Crippen LogP contribution in [0.3, 0.4) is 0 Å². The molecule has 0 spiro atoms. The lowest BCUT2D eigenvalue weighted by atomic mass is 10.2. The van der Waals surface area contributed by atoms with Crippen LogP contribution >= 0.6 is 0 Å². The zero-order chi connectivity index (χ0) is 14.3. The van der Waals surface area contributed by atoms with E-state index in [1.165, 1.54) is 0 Å². The van der Waals surface area contributed by atoms with Crippen LogP contribution in [-0.4, -0.2) is 46.3 Å². The molecule has 0 aromatic rings. The molecule has 0 aliphatic rings. The van der Waals surface area contributed by atoms with Crippen molar-refractivity contribution in [1.29, 1.82) is 0 Å². The monoisotopic (exact) mass is 266 g/mol. The molecule has 2 unspecified atom stereocenters. The Labute approximate surface area is 99.8 Å². The summed E-state index contributed by atoms with van der Waals surface area (Å²) in [5.74, 6) is -5.21. The Balaban J connectivity index is 4.26. The number of aliphatic hydroxyl groups is 2. The van der Waals surface area contributed by atoms with Crippen LogP contribution < -0.4 is 0 Å². The average Bonchev–Trinajstić information content (AvgIpc) is 2.30. The van der Waals surface area contributed by atoms with Gasteiger partial charge in [0.25, 0.3) is 0 Å². The number of rotatable bonds is 3. The second-order valence-electron chi connectivity index (χ2n) is 2.84. The van der Waals surface area contributed by atoms with E-state index in [2.05, 4.69) is 19.6 Å². The molecule has 0 fully saturated rings. The zero-order valence-corrected chi connectivity index (χ0v) is 9.32. The summed E-state index contributed by atoms with van der Waals surface area (Å²) in [4.78, 5) is 57.3. The summed E-state index contributed by atoms with van der Waals surface area (Å²) in [6, 6.07) is 0. The summed E-state index contributed by atoms with van der Waals surface area (Å²) >= 11 is 0. The van der Waals surface area contributed by atoms with Gasteiger partial charge in [-0.2, -0.15) is 0 Å². The normalized spacial score (nSPS) is 12.9. The van der Waals surface area contributed by atoms with E-state index in [1.54, 1.807) is 0 Å². The van der Waals surface area contributed by atoms with E-state index in [0.717, 1.165) is 13.8 Å². The molecule has 10 heteroatoms. The molecule has 2 N–H and O–H groups in total. The SMILES string of the molecule is CC(=O)OOC(=O)C(O)C(O)C(=O)OOC(C)=O. The maximum absolute atomic E-state index is 10.9. The molecule has 0 aliphatic heterocycles. The highest BCUT2D eigenvalue weighted by Gasteiger charge is 2.35. The van der Waals surface area contributed by atoms with E-state index in [-0.39, 0.29) is 0 Å². The molecule has 0 saturated heterocycles. The number of hydrogen-bond donors (Lipinski definition) is 2. The van der Waals surface area contributed by atoms with Gasteiger partial charge in [0, 0.05) is 13.8 Å². The first-order valence-corrected chi connectivity index (χ1v) is 4.39. The molecule has 0 aliphatic carbocycles. The Bertz CT molecular complexity index is 314. The van der Waals surface area contributed by atoms with Crippen molar-refractivity contribution in [2.45, 2.75) is 26.1 Å². The molecule has 0 aromatic carbocycles. The third kappa shape index (κ3) is 5.77. The van der Waals surface area contributed by atoms with Gasteiger partial charge in [-0.25, -0.2) is 38.7 Å². The lowest BCUT2D eigenvalue weighted by Gasteiger charge is -2.12. The Hall–Kier alpha value is -2.20. The molecule has 0 heterocycles. The molecule has 10 nitrogen and oxygen atoms in total. The molecule has 0 rings (SSSR count). The molecule has 0 bridgehead atoms. The van der Waals surface area contributed by atoms with Crippen molar-refractivity contribution >= 4 is 23.9 Å². The van der Waals surface area contributed by atoms with Gasteiger partial charge in [-0.3, -0.25) is 0 Å². The van der Waals surface area contributed by atoms with Gasteiger partial charge < -0.3 is 10.2 Å². The average molecular weight is 266 g/mol. The first kappa shape index (κ1) is 15.8. The molecule has 0 saturated carbocycles. The minimum atomic E-state index is -2.38. The topological polar surface area (TPSA) is 146 Å². The van der Waals surface area contributed by atoms with Crippen LogP contribution in [0.1, 0.15) is 13.8 Å². The first-order valence-electron chi connectivity index (χ1n) is 4.39. The van der Waals surface area contributed by atoms with E-state index >= 15 is 0 Å². The predicted molar refractivity (Wildman–Crippen MR) is 47.7 cm³/mol. The van der Waals surface area contributed by atoms with Crippen molar-refractivity contribution in [2.24, 2.45) is 0 Å². The van der Waals surface area contributed by atoms with E-state index in [9.17, 15) is 19.2 Å². The highest BCUT2D eigenvalue weighted by atomic mass is 17.2. The van der Waals surface area contributed by atoms with Gasteiger partial charge in [0.2, 0.25) is 0 Å². The van der Waals surface area contributed by atoms with Crippen molar-refractivity contribution < 1.29 is 48.9 Å². The van der Waals surface area contributed by atoms with E-state index in [1.807, 2.05) is 0 Å². The highest BCUT2D eigenvalue weighted by molar-refractivity contribution is 5.85. The summed E-state index contributed by atoms with van der Waals surface area (Å²) in [5, 5.41) is 18.2. The molecule has 0 amide bonds. The minimum Gasteiger partial charge on any atom is -0.378 e. The van der Waals surface area contributed by atoms with Gasteiger partial charge >= 0.3 is 23.9 Å². The number of carbonyl (C=O) groups is 4. The first-order chi connectivity index (χ1) is 8.25.